The van der Waals surface area contributed by atoms with Crippen LogP contribution in [0.4, 0.5) is 22.7 Å². The van der Waals surface area contributed by atoms with Crippen molar-refractivity contribution in [3.05, 3.63) is 83.9 Å². The van der Waals surface area contributed by atoms with Gasteiger partial charge in [-0.2, -0.15) is 0 Å². The summed E-state index contributed by atoms with van der Waals surface area (Å²) in [6.45, 7) is 3.18. The summed E-state index contributed by atoms with van der Waals surface area (Å²) in [5, 5.41) is 6.26. The number of ether oxygens (including phenoxy) is 1. The van der Waals surface area contributed by atoms with Crippen LogP contribution in [0.15, 0.2) is 72.8 Å². The Bertz CT molecular complexity index is 1300. The highest BCUT2D eigenvalue weighted by Crippen LogP contribution is 2.38. The Morgan fingerprint density at radius 1 is 1.03 bits per heavy atom. The van der Waals surface area contributed by atoms with E-state index in [9.17, 15) is 14.4 Å². The number of hydrogen-bond donors (Lipinski definition) is 3. The minimum absolute atomic E-state index is 0.173. The summed E-state index contributed by atoms with van der Waals surface area (Å²) in [5.74, 6) is -0.986. The maximum Gasteiger partial charge on any atom is 0.326 e. The Hall–Kier alpha value is -4.59. The molecule has 0 saturated heterocycles. The number of nitrogen functional groups attached to an aromatic ring is 1. The number of carbonyl (C=O) groups excluding carboxylic acids is 3. The zero-order chi connectivity index (χ0) is 24.9. The number of amides is 2. The van der Waals surface area contributed by atoms with Crippen LogP contribution in [0.2, 0.25) is 0 Å². The number of esters is 1. The van der Waals surface area contributed by atoms with Crippen molar-refractivity contribution < 1.29 is 19.1 Å². The molecule has 1 heterocycles. The largest absolute Gasteiger partial charge is 0.465 e. The first-order valence-electron chi connectivity index (χ1n) is 11.2. The molecule has 0 spiro atoms. The molecule has 8 heteroatoms. The third-order valence-electron chi connectivity index (χ3n) is 5.52. The van der Waals surface area contributed by atoms with Crippen molar-refractivity contribution in [3.63, 3.8) is 0 Å². The summed E-state index contributed by atoms with van der Waals surface area (Å²) < 4.78 is 4.98. The van der Waals surface area contributed by atoms with Crippen LogP contribution in [-0.2, 0) is 19.1 Å². The summed E-state index contributed by atoms with van der Waals surface area (Å²) in [4.78, 5) is 38.4. The van der Waals surface area contributed by atoms with E-state index in [0.29, 0.717) is 34.0 Å². The van der Waals surface area contributed by atoms with Crippen molar-refractivity contribution in [1.82, 2.24) is 0 Å². The highest BCUT2D eigenvalue weighted by Gasteiger charge is 2.28. The van der Waals surface area contributed by atoms with Gasteiger partial charge >= 0.3 is 5.97 Å². The van der Waals surface area contributed by atoms with E-state index in [1.54, 1.807) is 49.4 Å². The number of nitrogens with two attached hydrogens (primary N) is 1. The van der Waals surface area contributed by atoms with E-state index >= 15 is 0 Å². The lowest BCUT2D eigenvalue weighted by Gasteiger charge is -2.21. The van der Waals surface area contributed by atoms with Crippen LogP contribution in [0.5, 0.6) is 0 Å². The molecule has 0 aromatic heterocycles. The first-order valence-corrected chi connectivity index (χ1v) is 11.2. The zero-order valence-electron chi connectivity index (χ0n) is 19.5. The molecule has 0 unspecified atom stereocenters. The van der Waals surface area contributed by atoms with Crippen molar-refractivity contribution >= 4 is 51.8 Å². The fourth-order valence-electron chi connectivity index (χ4n) is 3.91. The lowest BCUT2D eigenvalue weighted by Crippen LogP contribution is -2.34. The quantitative estimate of drug-likeness (QED) is 0.272. The van der Waals surface area contributed by atoms with Gasteiger partial charge in [-0.3, -0.25) is 14.4 Å². The molecule has 1 aliphatic heterocycles. The van der Waals surface area contributed by atoms with Gasteiger partial charge in [0.15, 0.2) is 0 Å². The second-order valence-electron chi connectivity index (χ2n) is 7.96. The molecule has 0 fully saturated rings. The van der Waals surface area contributed by atoms with Crippen LogP contribution in [0.1, 0.15) is 25.0 Å². The van der Waals surface area contributed by atoms with E-state index in [1.807, 2.05) is 30.3 Å². The average Bonchev–Trinajstić information content (AvgIpc) is 3.17. The summed E-state index contributed by atoms with van der Waals surface area (Å²) in [5.41, 5.74) is 11.2. The molecular weight excluding hydrogens is 444 g/mol. The third kappa shape index (κ3) is 5.16. The van der Waals surface area contributed by atoms with Crippen LogP contribution >= 0.6 is 0 Å². The fourth-order valence-corrected chi connectivity index (χ4v) is 3.91. The molecular formula is C27H26N4O4. The van der Waals surface area contributed by atoms with Gasteiger partial charge in [0, 0.05) is 35.2 Å². The Morgan fingerprint density at radius 2 is 1.74 bits per heavy atom. The molecule has 1 aliphatic rings. The second-order valence-corrected chi connectivity index (χ2v) is 7.96. The number of anilines is 4. The number of fused-ring (bicyclic) bond motifs is 1. The Labute approximate surface area is 203 Å². The maximum atomic E-state index is 13.0. The van der Waals surface area contributed by atoms with Gasteiger partial charge < -0.3 is 26.0 Å². The van der Waals surface area contributed by atoms with E-state index in [0.717, 1.165) is 11.1 Å². The van der Waals surface area contributed by atoms with Crippen molar-refractivity contribution in [2.24, 2.45) is 0 Å². The van der Waals surface area contributed by atoms with Crippen LogP contribution in [0, 0.1) is 0 Å². The molecule has 0 bridgehead atoms. The normalized spacial score (nSPS) is 13.5. The highest BCUT2D eigenvalue weighted by molar-refractivity contribution is 6.37. The predicted octanol–water partition coefficient (Wildman–Crippen LogP) is 4.12. The van der Waals surface area contributed by atoms with Crippen LogP contribution in [0.25, 0.3) is 11.3 Å². The molecule has 4 rings (SSSR count). The number of benzene rings is 3. The van der Waals surface area contributed by atoms with Gasteiger partial charge in [-0.1, -0.05) is 30.3 Å². The molecule has 2 amide bonds. The van der Waals surface area contributed by atoms with Gasteiger partial charge in [-0.05, 0) is 55.0 Å². The number of hydrogen-bond acceptors (Lipinski definition) is 6. The van der Waals surface area contributed by atoms with Gasteiger partial charge in [0.1, 0.15) is 6.54 Å². The first-order chi connectivity index (χ1) is 16.9. The monoisotopic (exact) mass is 470 g/mol. The van der Waals surface area contributed by atoms with Crippen LogP contribution < -0.4 is 21.3 Å². The standard InChI is InChI=1S/C27H26N4O4/c1-3-35-24(33)16-31(17(2)32)21-12-10-20(11-13-21)29-26(18-7-5-4-6-8-18)25-22-15-19(28)9-14-23(22)30-27(25)34/h4-15,29H,3,16,28H2,1-2H3,(H,30,34)/b26-25-. The number of carbonyl (C=O) groups is 3. The molecule has 0 aliphatic carbocycles. The average molecular weight is 471 g/mol. The molecule has 0 atom stereocenters. The molecule has 0 radical (unpaired) electrons. The van der Waals surface area contributed by atoms with Gasteiger partial charge in [0.25, 0.3) is 5.91 Å². The summed E-state index contributed by atoms with van der Waals surface area (Å²) in [6, 6.07) is 21.9. The molecule has 178 valence electrons. The lowest BCUT2D eigenvalue weighted by molar-refractivity contribution is -0.142. The van der Waals surface area contributed by atoms with E-state index in [-0.39, 0.29) is 25.0 Å². The fraction of sp³-hybridized carbons (Fsp3) is 0.148. The maximum absolute atomic E-state index is 13.0. The molecule has 35 heavy (non-hydrogen) atoms. The van der Waals surface area contributed by atoms with Crippen LogP contribution in [0.3, 0.4) is 0 Å². The van der Waals surface area contributed by atoms with Crippen molar-refractivity contribution in [3.8, 4) is 0 Å². The van der Waals surface area contributed by atoms with Crippen molar-refractivity contribution in [1.29, 1.82) is 0 Å². The number of nitrogens with zero attached hydrogens (tertiary/aromatic N) is 1. The van der Waals surface area contributed by atoms with Crippen molar-refractivity contribution in [2.75, 3.05) is 34.4 Å². The molecule has 8 nitrogen and oxygen atoms in total. The molecule has 0 saturated carbocycles. The summed E-state index contributed by atoms with van der Waals surface area (Å²) in [7, 11) is 0. The minimum Gasteiger partial charge on any atom is -0.465 e. The van der Waals surface area contributed by atoms with E-state index in [4.69, 9.17) is 10.5 Å². The lowest BCUT2D eigenvalue weighted by atomic mass is 9.99. The van der Waals surface area contributed by atoms with Gasteiger partial charge in [-0.25, -0.2) is 0 Å². The summed E-state index contributed by atoms with van der Waals surface area (Å²) in [6.07, 6.45) is 0. The predicted molar refractivity (Wildman–Crippen MR) is 137 cm³/mol. The van der Waals surface area contributed by atoms with Gasteiger partial charge in [0.05, 0.1) is 17.9 Å². The zero-order valence-corrected chi connectivity index (χ0v) is 19.5. The van der Waals surface area contributed by atoms with E-state index < -0.39 is 5.97 Å². The topological polar surface area (TPSA) is 114 Å². The van der Waals surface area contributed by atoms with Crippen LogP contribution in [-0.4, -0.2) is 30.9 Å². The Balaban J connectivity index is 1.70. The minimum atomic E-state index is -0.480. The number of nitrogens with one attached hydrogen (secondary N) is 2. The first kappa shape index (κ1) is 23.6. The van der Waals surface area contributed by atoms with E-state index in [2.05, 4.69) is 10.6 Å². The van der Waals surface area contributed by atoms with Crippen molar-refractivity contribution in [2.45, 2.75) is 13.8 Å². The van der Waals surface area contributed by atoms with E-state index in [1.165, 1.54) is 11.8 Å². The molecule has 3 aromatic rings. The highest BCUT2D eigenvalue weighted by atomic mass is 16.5. The Kier molecular flexibility index (Phi) is 6.82. The SMILES string of the molecule is CCOC(=O)CN(C(C)=O)c1ccc(N/C(=C2\C(=O)Nc3ccc(N)cc32)c2ccccc2)cc1. The number of rotatable bonds is 7. The smallest absolute Gasteiger partial charge is 0.326 e. The molecule has 3 aromatic carbocycles. The summed E-state index contributed by atoms with van der Waals surface area (Å²) >= 11 is 0. The van der Waals surface area contributed by atoms with Gasteiger partial charge in [-0.15, -0.1) is 0 Å². The van der Waals surface area contributed by atoms with Gasteiger partial charge in [0.2, 0.25) is 5.91 Å². The second kappa shape index (κ2) is 10.1. The molecule has 4 N–H and O–H groups in total. The third-order valence-corrected chi connectivity index (χ3v) is 5.52. The Morgan fingerprint density at radius 3 is 2.40 bits per heavy atom.